The predicted molar refractivity (Wildman–Crippen MR) is 171 cm³/mol. The topological polar surface area (TPSA) is 242 Å². The molecule has 3 N–H and O–H groups in total. The number of rotatable bonds is 16. The average molecular weight is 727 g/mol. The molecule has 0 spiro atoms. The highest BCUT2D eigenvalue weighted by Gasteiger charge is 2.45. The summed E-state index contributed by atoms with van der Waals surface area (Å²) in [6.07, 6.45) is 2.85. The van der Waals surface area contributed by atoms with E-state index in [1.165, 1.54) is 29.8 Å². The zero-order valence-corrected chi connectivity index (χ0v) is 28.4. The Bertz CT molecular complexity index is 1740. The summed E-state index contributed by atoms with van der Waals surface area (Å²) in [6, 6.07) is 3.58. The first-order valence-electron chi connectivity index (χ1n) is 14.7. The minimum atomic E-state index is -3.66. The summed E-state index contributed by atoms with van der Waals surface area (Å²) in [7, 11) is 0.595. The number of aromatic nitrogens is 6. The van der Waals surface area contributed by atoms with Gasteiger partial charge in [0.15, 0.2) is 17.4 Å². The molecule has 0 amide bonds. The second kappa shape index (κ2) is 16.4. The zero-order valence-electron chi connectivity index (χ0n) is 25.8. The molecule has 19 nitrogen and oxygen atoms in total. The van der Waals surface area contributed by atoms with Gasteiger partial charge in [0.25, 0.3) is 5.56 Å². The molecule has 3 aromatic heterocycles. The summed E-state index contributed by atoms with van der Waals surface area (Å²) in [4.78, 5) is 47.3. The molecule has 1 aliphatic heterocycles. The fourth-order valence-corrected chi connectivity index (χ4v) is 7.87. The summed E-state index contributed by atoms with van der Waals surface area (Å²) < 4.78 is 48.8. The lowest BCUT2D eigenvalue weighted by molar-refractivity contribution is -0.0480. The highest BCUT2D eigenvalue weighted by molar-refractivity contribution is 8.07. The van der Waals surface area contributed by atoms with Crippen molar-refractivity contribution in [2.45, 2.75) is 56.3 Å². The Balaban J connectivity index is 1.37. The van der Waals surface area contributed by atoms with Crippen LogP contribution in [-0.4, -0.2) is 109 Å². The second-order valence-corrected chi connectivity index (χ2v) is 14.7. The Labute approximate surface area is 280 Å². The van der Waals surface area contributed by atoms with Crippen molar-refractivity contribution in [3.05, 3.63) is 35.3 Å². The number of nitrogens with one attached hydrogen (secondary N) is 1. The van der Waals surface area contributed by atoms with Crippen LogP contribution in [0.15, 0.2) is 34.7 Å². The summed E-state index contributed by atoms with van der Waals surface area (Å²) in [5.41, 5.74) is -0.338. The molecule has 1 unspecified atom stereocenters. The minimum Gasteiger partial charge on any atom is -0.474 e. The number of aliphatic hydroxyl groups excluding tert-OH is 1. The number of imidazole rings is 1. The van der Waals surface area contributed by atoms with Gasteiger partial charge in [-0.25, -0.2) is 19.9 Å². The van der Waals surface area contributed by atoms with Crippen LogP contribution in [0.4, 0.5) is 5.95 Å². The Morgan fingerprint density at radius 2 is 2.15 bits per heavy atom. The van der Waals surface area contributed by atoms with Crippen LogP contribution in [0.5, 0.6) is 5.88 Å². The summed E-state index contributed by atoms with van der Waals surface area (Å²) in [6.45, 7) is -4.20. The van der Waals surface area contributed by atoms with E-state index in [1.807, 2.05) is 6.07 Å². The number of aromatic amines is 1. The van der Waals surface area contributed by atoms with E-state index >= 15 is 0 Å². The Morgan fingerprint density at radius 3 is 2.85 bits per heavy atom. The van der Waals surface area contributed by atoms with Gasteiger partial charge in [0, 0.05) is 49.7 Å². The van der Waals surface area contributed by atoms with Crippen LogP contribution >= 0.6 is 15.0 Å². The molecule has 48 heavy (non-hydrogen) atoms. The lowest BCUT2D eigenvalue weighted by Crippen LogP contribution is -2.25. The third kappa shape index (κ3) is 9.21. The number of nitrogens with zero attached hydrogens (tertiary/aromatic N) is 8. The largest absolute Gasteiger partial charge is 0.695 e. The third-order valence-electron chi connectivity index (χ3n) is 7.28. The first-order chi connectivity index (χ1) is 23.1. The lowest BCUT2D eigenvalue weighted by atomic mass is 10.1. The van der Waals surface area contributed by atoms with Crippen molar-refractivity contribution in [3.8, 4) is 11.9 Å². The lowest BCUT2D eigenvalue weighted by Gasteiger charge is -2.28. The van der Waals surface area contributed by atoms with Crippen LogP contribution in [0.1, 0.15) is 31.9 Å². The fraction of sp³-hybridized carbons (Fsp3) is 0.577. The standard InChI is InChI=1S/C26H33N9O10P2S/c1-34(2)14-31-26-32-23-22(24(37)33-26)30-15-35(23)25-20(10-18(11-36)43-25)45-47(48,40-7-3-5-27)41-12-16-8-17(9-19(16)44-46(38)39)42-21-4-6-28-13-29-21/h4,6,13-20,25,36H,3,7-12H2,1-2H3,(H-,32,33,37,38,39)/p+1/t16-,17-,18+,19+,20-,25-,47-/m1/s1. The molecule has 3 aromatic rings. The van der Waals surface area contributed by atoms with Gasteiger partial charge in [-0.3, -0.25) is 14.3 Å². The Hall–Kier alpha value is -3.34. The van der Waals surface area contributed by atoms with Crippen molar-refractivity contribution in [1.29, 1.82) is 5.26 Å². The van der Waals surface area contributed by atoms with Crippen molar-refractivity contribution in [3.63, 3.8) is 0 Å². The van der Waals surface area contributed by atoms with Crippen LogP contribution in [0, 0.1) is 17.2 Å². The molecule has 0 bridgehead atoms. The van der Waals surface area contributed by atoms with Gasteiger partial charge in [0.1, 0.15) is 24.6 Å². The van der Waals surface area contributed by atoms with Crippen molar-refractivity contribution >= 4 is 50.2 Å². The van der Waals surface area contributed by atoms with Crippen molar-refractivity contribution < 1.29 is 42.1 Å². The fourth-order valence-electron chi connectivity index (χ4n) is 5.23. The van der Waals surface area contributed by atoms with Crippen molar-refractivity contribution in [1.82, 2.24) is 34.4 Å². The molecule has 8 atom stereocenters. The first-order valence-corrected chi connectivity index (χ1v) is 18.4. The minimum absolute atomic E-state index is 0.000925. The first kappa shape index (κ1) is 36.0. The molecule has 0 radical (unpaired) electrons. The van der Waals surface area contributed by atoms with Gasteiger partial charge in [0.2, 0.25) is 11.8 Å². The molecule has 1 saturated carbocycles. The van der Waals surface area contributed by atoms with E-state index in [4.69, 9.17) is 44.6 Å². The number of ether oxygens (including phenoxy) is 2. The van der Waals surface area contributed by atoms with E-state index in [-0.39, 0.29) is 56.2 Å². The van der Waals surface area contributed by atoms with Crippen LogP contribution in [0.3, 0.4) is 0 Å². The number of H-pyrrole nitrogens is 1. The predicted octanol–water partition coefficient (Wildman–Crippen LogP) is 1.86. The number of aliphatic hydroxyl groups is 1. The molecule has 22 heteroatoms. The molecule has 2 aliphatic rings. The van der Waals surface area contributed by atoms with E-state index in [9.17, 15) is 19.4 Å². The van der Waals surface area contributed by atoms with Gasteiger partial charge < -0.3 is 33.1 Å². The van der Waals surface area contributed by atoms with Crippen molar-refractivity contribution in [2.75, 3.05) is 33.9 Å². The van der Waals surface area contributed by atoms with Gasteiger partial charge in [-0.15, -0.1) is 9.42 Å². The summed E-state index contributed by atoms with van der Waals surface area (Å²) in [5, 5.41) is 19.1. The van der Waals surface area contributed by atoms with Crippen molar-refractivity contribution in [2.24, 2.45) is 10.9 Å². The van der Waals surface area contributed by atoms with E-state index < -0.39 is 57.1 Å². The van der Waals surface area contributed by atoms with E-state index in [1.54, 1.807) is 25.1 Å². The zero-order chi connectivity index (χ0) is 34.3. The molecular weight excluding hydrogens is 692 g/mol. The monoisotopic (exact) mass is 726 g/mol. The van der Waals surface area contributed by atoms with Crippen LogP contribution < -0.4 is 10.3 Å². The second-order valence-electron chi connectivity index (χ2n) is 11.0. The molecule has 1 aliphatic carbocycles. The molecule has 258 valence electrons. The van der Waals surface area contributed by atoms with Crippen LogP contribution in [-0.2, 0) is 39.2 Å². The summed E-state index contributed by atoms with van der Waals surface area (Å²) >= 11 is 5.80. The highest BCUT2D eigenvalue weighted by atomic mass is 32.5. The van der Waals surface area contributed by atoms with Gasteiger partial charge >= 0.3 is 15.0 Å². The number of nitriles is 1. The highest BCUT2D eigenvalue weighted by Crippen LogP contribution is 2.55. The van der Waals surface area contributed by atoms with E-state index in [0.29, 0.717) is 12.3 Å². The molecule has 1 saturated heterocycles. The van der Waals surface area contributed by atoms with Gasteiger partial charge in [-0.2, -0.15) is 10.2 Å². The van der Waals surface area contributed by atoms with E-state index in [2.05, 4.69) is 29.9 Å². The van der Waals surface area contributed by atoms with Crippen LogP contribution in [0.2, 0.25) is 0 Å². The normalized spacial score (nSPS) is 25.7. The quantitative estimate of drug-likeness (QED) is 0.0825. The average Bonchev–Trinajstić information content (AvgIpc) is 3.76. The Kier molecular flexibility index (Phi) is 12.3. The maximum atomic E-state index is 12.8. The van der Waals surface area contributed by atoms with Gasteiger partial charge in [-0.05, 0) is 18.2 Å². The van der Waals surface area contributed by atoms with Gasteiger partial charge in [-0.1, -0.05) is 0 Å². The summed E-state index contributed by atoms with van der Waals surface area (Å²) in [5.74, 6) is -0.0860. The smallest absolute Gasteiger partial charge is 0.474 e. The maximum absolute atomic E-state index is 12.8. The third-order valence-corrected chi connectivity index (χ3v) is 10.1. The maximum Gasteiger partial charge on any atom is 0.695 e. The van der Waals surface area contributed by atoms with Gasteiger partial charge in [0.05, 0.1) is 51.1 Å². The molecule has 5 rings (SSSR count). The number of hydrogen-bond acceptors (Lipinski definition) is 16. The molecule has 4 heterocycles. The number of aliphatic imine (C=N–C) groups is 1. The molecule has 2 fully saturated rings. The number of hydrogen-bond donors (Lipinski definition) is 3. The van der Waals surface area contributed by atoms with Crippen LogP contribution in [0.25, 0.3) is 11.2 Å². The SMILES string of the molecule is CN(C)C=Nc1nc2c(ncn2[C@@H]2O[C@H](CO)C[C@H]2O[P@@](=S)(OCCC#N)OC[C@H]2C[C@@H](Oc3ccncn3)C[C@@H]2O[P+](=O)O)c(=O)[nH]1. The number of fused-ring (bicyclic) bond motifs is 1. The molecular formula is C26H34N9O10P2S+. The Morgan fingerprint density at radius 1 is 1.31 bits per heavy atom. The van der Waals surface area contributed by atoms with E-state index in [0.717, 1.165) is 0 Å². The molecule has 0 aromatic carbocycles.